The molecule has 0 bridgehead atoms. The van der Waals surface area contributed by atoms with Gasteiger partial charge in [-0.1, -0.05) is 279 Å². The third kappa shape index (κ3) is 30.5. The molecule has 3 atom stereocenters. The van der Waals surface area contributed by atoms with E-state index < -0.39 is 18.9 Å². The third-order valence-corrected chi connectivity index (χ3v) is 26.4. The number of halogens is 2. The maximum absolute atomic E-state index is 11.8. The molecule has 13 heteroatoms. The zero-order chi connectivity index (χ0) is 68.9. The summed E-state index contributed by atoms with van der Waals surface area (Å²) in [6.07, 6.45) is 57.1. The summed E-state index contributed by atoms with van der Waals surface area (Å²) in [5.74, 6) is 2.59. The molecule has 0 N–H and O–H groups in total. The molecule has 8 heterocycles. The molecule has 1 fully saturated rings. The molecular formula is C84H122Cl2O3S7Sn. The van der Waals surface area contributed by atoms with Gasteiger partial charge in [0.15, 0.2) is 0 Å². The fourth-order valence-corrected chi connectivity index (χ4v) is 21.0. The van der Waals surface area contributed by atoms with Crippen molar-refractivity contribution >= 4 is 148 Å². The summed E-state index contributed by atoms with van der Waals surface area (Å²) in [6, 6.07) is 22.7. The molecular weight excluding hydrogens is 1470 g/mol. The van der Waals surface area contributed by atoms with E-state index in [1.165, 1.54) is 327 Å². The summed E-state index contributed by atoms with van der Waals surface area (Å²) in [5, 5.41) is 13.4. The number of thiophene rings is 7. The fraction of sp³-hybridized carbons (Fsp3) is 0.619. The van der Waals surface area contributed by atoms with Crippen LogP contribution in [0.2, 0.25) is 0 Å². The molecule has 0 saturated carbocycles. The number of carbonyl (C=O) groups is 2. The van der Waals surface area contributed by atoms with Crippen molar-refractivity contribution in [3.63, 3.8) is 0 Å². The van der Waals surface area contributed by atoms with Crippen LogP contribution in [-0.4, -0.2) is 43.7 Å². The normalized spacial score (nSPS) is 13.5. The van der Waals surface area contributed by atoms with Gasteiger partial charge in [0.25, 0.3) is 0 Å². The molecule has 2 aliphatic rings. The van der Waals surface area contributed by atoms with Gasteiger partial charge in [-0.3, -0.25) is 9.59 Å². The van der Waals surface area contributed by atoms with Gasteiger partial charge in [0, 0.05) is 80.0 Å². The number of fused-ring (bicyclic) bond motifs is 4. The predicted molar refractivity (Wildman–Crippen MR) is 443 cm³/mol. The van der Waals surface area contributed by atoms with Crippen molar-refractivity contribution < 1.29 is 14.3 Å². The third-order valence-electron chi connectivity index (χ3n) is 19.5. The van der Waals surface area contributed by atoms with Gasteiger partial charge in [-0.2, -0.15) is 0 Å². The number of ether oxygens (including phenoxy) is 1. The monoisotopic (exact) mass is 1590 g/mol. The van der Waals surface area contributed by atoms with Crippen molar-refractivity contribution in [2.24, 2.45) is 17.8 Å². The van der Waals surface area contributed by atoms with Gasteiger partial charge in [-0.25, -0.2) is 0 Å². The quantitative estimate of drug-likeness (QED) is 0.0282. The first kappa shape index (κ1) is 84.3. The Kier molecular flexibility index (Phi) is 45.4. The van der Waals surface area contributed by atoms with E-state index in [-0.39, 0.29) is 11.6 Å². The minimum absolute atomic E-state index is 0.00847. The summed E-state index contributed by atoms with van der Waals surface area (Å²) in [4.78, 5) is 32.6. The molecule has 3 nitrogen and oxygen atoms in total. The molecule has 1 aliphatic carbocycles. The standard InChI is InChI=1S/C50H74S4.C20H36S.C10H4O2S2.C4H8O.2ClH.Sn/c1-5-9-13-17-19-23-27-39(25-21-15-11-7-3)37-41-29-31-45(53-41)47-43-33-35-52-50(43)48(44-34-36-51-49(44)47)46-32-30-42(54-46)38-40(26-22-16-12-8-4)28-24-20-18-14-10-6-2;1-3-5-7-9-10-12-15-19(14-11-8-6-4-2)18-20-16-13-17-21-20;11-7-5-1-3-13-9(5)8(12)6-2-4-14-10(6)7;1-2-4-5-3-1;;;/h29-36,39-40H,5-28,37-38H2,1-4H3;13,16-17,19H,3-12,14-15,18H2,1-2H3;1-4H;1-4H2;2*1H;/q;;;;;;+2/p-2. The topological polar surface area (TPSA) is 43.4 Å². The average molecular weight is 1590 g/mol. The van der Waals surface area contributed by atoms with E-state index in [9.17, 15) is 9.59 Å². The Hall–Kier alpha value is -1.68. The van der Waals surface area contributed by atoms with Crippen LogP contribution in [0.25, 0.3) is 41.1 Å². The second-order valence-corrected chi connectivity index (χ2v) is 38.8. The van der Waals surface area contributed by atoms with Crippen LogP contribution in [0.5, 0.6) is 0 Å². The predicted octanol–water partition coefficient (Wildman–Crippen LogP) is 31.3. The molecule has 536 valence electrons. The van der Waals surface area contributed by atoms with Crippen LogP contribution in [0.15, 0.2) is 87.6 Å². The molecule has 8 aromatic rings. The maximum atomic E-state index is 11.8. The van der Waals surface area contributed by atoms with Crippen LogP contribution >= 0.6 is 97.2 Å². The van der Waals surface area contributed by atoms with Gasteiger partial charge in [0.05, 0.1) is 9.75 Å². The first-order chi connectivity index (χ1) is 47.7. The van der Waals surface area contributed by atoms with Crippen molar-refractivity contribution in [3.8, 4) is 20.9 Å². The Morgan fingerprint density at radius 1 is 0.371 bits per heavy atom. The van der Waals surface area contributed by atoms with Crippen LogP contribution in [0.1, 0.15) is 331 Å². The zero-order valence-corrected chi connectivity index (χ0v) is 70.7. The number of hydrogen-bond donors (Lipinski definition) is 0. The SMILES string of the molecule is C1CCOC1.CCCCCCCCC(CCCCCC)Cc1ccc(-c2c3ccsc3c(-c3ccc(CC(CCCCCC)CCCCCCCC)s3)c3ccsc23)s1.CCCCCCCCC(CCCCCC)Cc1cccs1.O=C1c2ccsc2C(=O)c2ccsc21.[Cl][Sn][Cl]. The molecule has 0 spiro atoms. The van der Waals surface area contributed by atoms with Crippen molar-refractivity contribution in [1.29, 1.82) is 0 Å². The van der Waals surface area contributed by atoms with E-state index in [2.05, 4.69) is 129 Å². The minimum atomic E-state index is -0.826. The summed E-state index contributed by atoms with van der Waals surface area (Å²) >= 11 is 11.9. The van der Waals surface area contributed by atoms with Gasteiger partial charge in [-0.05, 0) is 131 Å². The number of benzene rings is 1. The molecule has 97 heavy (non-hydrogen) atoms. The first-order valence-corrected chi connectivity index (χ1v) is 51.9. The van der Waals surface area contributed by atoms with E-state index in [1.807, 2.05) is 34.0 Å². The zero-order valence-electron chi connectivity index (χ0n) is 60.6. The van der Waals surface area contributed by atoms with Crippen LogP contribution in [0, 0.1) is 17.8 Å². The molecule has 3 unspecified atom stereocenters. The summed E-state index contributed by atoms with van der Waals surface area (Å²) in [5.41, 5.74) is 4.12. The van der Waals surface area contributed by atoms with Crippen LogP contribution in [0.4, 0.5) is 0 Å². The van der Waals surface area contributed by atoms with Gasteiger partial charge < -0.3 is 4.74 Å². The average Bonchev–Trinajstić information content (AvgIpc) is 1.62. The van der Waals surface area contributed by atoms with Gasteiger partial charge in [-0.15, -0.1) is 79.4 Å². The van der Waals surface area contributed by atoms with Crippen LogP contribution in [0.3, 0.4) is 0 Å². The number of carbonyl (C=O) groups excluding carboxylic acids is 2. The molecule has 1 saturated heterocycles. The van der Waals surface area contributed by atoms with Gasteiger partial charge in [0.2, 0.25) is 11.6 Å². The molecule has 2 radical (unpaired) electrons. The van der Waals surface area contributed by atoms with E-state index in [1.54, 1.807) is 37.5 Å². The van der Waals surface area contributed by atoms with E-state index in [0.717, 1.165) is 31.0 Å². The summed E-state index contributed by atoms with van der Waals surface area (Å²) < 4.78 is 7.92. The summed E-state index contributed by atoms with van der Waals surface area (Å²) in [6.45, 7) is 15.9. The summed E-state index contributed by atoms with van der Waals surface area (Å²) in [7, 11) is 9.87. The second-order valence-electron chi connectivity index (χ2n) is 27.5. The van der Waals surface area contributed by atoms with Crippen molar-refractivity contribution in [2.75, 3.05) is 13.2 Å². The first-order valence-electron chi connectivity index (χ1n) is 38.6. The van der Waals surface area contributed by atoms with Crippen molar-refractivity contribution in [1.82, 2.24) is 0 Å². The van der Waals surface area contributed by atoms with Crippen molar-refractivity contribution in [2.45, 2.75) is 305 Å². The van der Waals surface area contributed by atoms with Crippen molar-refractivity contribution in [3.05, 3.63) is 123 Å². The molecule has 0 amide bonds. The number of rotatable bonds is 44. The van der Waals surface area contributed by atoms with Gasteiger partial charge >= 0.3 is 36.7 Å². The Morgan fingerprint density at radius 3 is 1.01 bits per heavy atom. The van der Waals surface area contributed by atoms with Crippen LogP contribution < -0.4 is 0 Å². The fourth-order valence-electron chi connectivity index (χ4n) is 14.0. The van der Waals surface area contributed by atoms with E-state index >= 15 is 0 Å². The molecule has 10 rings (SSSR count). The number of unbranched alkanes of at least 4 members (excludes halogenated alkanes) is 24. The Labute approximate surface area is 635 Å². The second kappa shape index (κ2) is 52.3. The van der Waals surface area contributed by atoms with Crippen LogP contribution in [-0.2, 0) is 24.0 Å². The van der Waals surface area contributed by atoms with E-state index in [4.69, 9.17) is 22.6 Å². The molecule has 1 aliphatic heterocycles. The Morgan fingerprint density at radius 2 is 0.691 bits per heavy atom. The Bertz CT molecular complexity index is 2990. The van der Waals surface area contributed by atoms with Gasteiger partial charge in [0.1, 0.15) is 0 Å². The number of hydrogen-bond acceptors (Lipinski definition) is 10. The number of ketones is 2. The molecule has 7 aromatic heterocycles. The van der Waals surface area contributed by atoms with E-state index in [0.29, 0.717) is 20.9 Å². The Balaban J connectivity index is 0.000000276. The molecule has 1 aromatic carbocycles.